The van der Waals surface area contributed by atoms with Crippen LogP contribution in [0.4, 0.5) is 11.4 Å². The Morgan fingerprint density at radius 3 is 2.46 bits per heavy atom. The van der Waals surface area contributed by atoms with E-state index in [1.165, 1.54) is 7.11 Å². The van der Waals surface area contributed by atoms with Gasteiger partial charge in [0.15, 0.2) is 0 Å². The van der Waals surface area contributed by atoms with E-state index in [1.807, 2.05) is 32.0 Å². The number of carbonyl (C=O) groups is 1. The third-order valence-electron chi connectivity index (χ3n) is 4.05. The summed E-state index contributed by atoms with van der Waals surface area (Å²) < 4.78 is 31.0. The first-order valence-corrected chi connectivity index (χ1v) is 10.00. The Balaban J connectivity index is 2.36. The number of carbonyl (C=O) groups excluding carboxylic acids is 1. The van der Waals surface area contributed by atoms with E-state index in [0.717, 1.165) is 21.7 Å². The Kier molecular flexibility index (Phi) is 5.92. The summed E-state index contributed by atoms with van der Waals surface area (Å²) in [5.41, 5.74) is 2.95. The molecule has 0 bridgehead atoms. The highest BCUT2D eigenvalue weighted by molar-refractivity contribution is 7.92. The van der Waals surface area contributed by atoms with E-state index >= 15 is 0 Å². The molecule has 7 heteroatoms. The molecular weight excluding hydrogens is 352 g/mol. The molecular formula is C19H24N2O4S. The van der Waals surface area contributed by atoms with Crippen molar-refractivity contribution >= 4 is 27.3 Å². The highest BCUT2D eigenvalue weighted by Crippen LogP contribution is 2.26. The third-order valence-corrected chi connectivity index (χ3v) is 5.29. The quantitative estimate of drug-likeness (QED) is 0.840. The van der Waals surface area contributed by atoms with Gasteiger partial charge in [0, 0.05) is 11.8 Å². The summed E-state index contributed by atoms with van der Waals surface area (Å²) in [6.45, 7) is 5.37. The monoisotopic (exact) mass is 376 g/mol. The molecule has 1 amide bonds. The second-order valence-electron chi connectivity index (χ2n) is 6.24. The SMILES string of the molecule is COc1cccc(N(C(C)C(=O)Nc2cc(C)ccc2C)S(C)(=O)=O)c1. The topological polar surface area (TPSA) is 75.7 Å². The Hall–Kier alpha value is -2.54. The van der Waals surface area contributed by atoms with Gasteiger partial charge in [-0.3, -0.25) is 9.10 Å². The van der Waals surface area contributed by atoms with E-state index < -0.39 is 22.0 Å². The standard InChI is InChI=1S/C19H24N2O4S/c1-13-9-10-14(2)18(11-13)20-19(22)15(3)21(26(5,23)24)16-7-6-8-17(12-16)25-4/h6-12,15H,1-5H3,(H,20,22). The largest absolute Gasteiger partial charge is 0.497 e. The first kappa shape index (κ1) is 19.8. The number of nitrogens with one attached hydrogen (secondary N) is 1. The predicted octanol–water partition coefficient (Wildman–Crippen LogP) is 3.11. The normalized spacial score (nSPS) is 12.3. The Morgan fingerprint density at radius 1 is 1.15 bits per heavy atom. The van der Waals surface area contributed by atoms with Gasteiger partial charge in [0.2, 0.25) is 15.9 Å². The molecule has 0 fully saturated rings. The molecule has 0 saturated heterocycles. The van der Waals surface area contributed by atoms with Crippen molar-refractivity contribution < 1.29 is 17.9 Å². The summed E-state index contributed by atoms with van der Waals surface area (Å²) in [5, 5.41) is 2.83. The van der Waals surface area contributed by atoms with E-state index in [0.29, 0.717) is 17.1 Å². The number of anilines is 2. The smallest absolute Gasteiger partial charge is 0.248 e. The fraction of sp³-hybridized carbons (Fsp3) is 0.316. The number of methoxy groups -OCH3 is 1. The van der Waals surface area contributed by atoms with Crippen LogP contribution in [0.5, 0.6) is 5.75 Å². The van der Waals surface area contributed by atoms with Crippen LogP contribution in [0.3, 0.4) is 0 Å². The van der Waals surface area contributed by atoms with Crippen LogP contribution in [-0.4, -0.2) is 33.7 Å². The molecule has 0 saturated carbocycles. The fourth-order valence-corrected chi connectivity index (χ4v) is 3.83. The van der Waals surface area contributed by atoms with Gasteiger partial charge in [-0.15, -0.1) is 0 Å². The summed E-state index contributed by atoms with van der Waals surface area (Å²) in [7, 11) is -2.18. The Bertz CT molecular complexity index is 910. The molecule has 0 heterocycles. The molecule has 0 radical (unpaired) electrons. The molecule has 0 spiro atoms. The molecule has 140 valence electrons. The Labute approximate surface area is 154 Å². The highest BCUT2D eigenvalue weighted by atomic mass is 32.2. The van der Waals surface area contributed by atoms with Crippen LogP contribution in [0.1, 0.15) is 18.1 Å². The van der Waals surface area contributed by atoms with Crippen LogP contribution in [0, 0.1) is 13.8 Å². The van der Waals surface area contributed by atoms with Crippen molar-refractivity contribution in [2.24, 2.45) is 0 Å². The molecule has 0 aliphatic rings. The van der Waals surface area contributed by atoms with E-state index in [9.17, 15) is 13.2 Å². The average molecular weight is 376 g/mol. The van der Waals surface area contributed by atoms with Crippen molar-refractivity contribution in [3.8, 4) is 5.75 Å². The molecule has 26 heavy (non-hydrogen) atoms. The number of hydrogen-bond acceptors (Lipinski definition) is 4. The van der Waals surface area contributed by atoms with Gasteiger partial charge in [-0.1, -0.05) is 18.2 Å². The summed E-state index contributed by atoms with van der Waals surface area (Å²) in [5.74, 6) is 0.102. The van der Waals surface area contributed by atoms with E-state index in [2.05, 4.69) is 5.32 Å². The van der Waals surface area contributed by atoms with Gasteiger partial charge in [0.25, 0.3) is 0 Å². The lowest BCUT2D eigenvalue weighted by molar-refractivity contribution is -0.116. The van der Waals surface area contributed by atoms with Gasteiger partial charge in [-0.25, -0.2) is 8.42 Å². The zero-order valence-corrected chi connectivity index (χ0v) is 16.4. The van der Waals surface area contributed by atoms with Crippen LogP contribution in [0.25, 0.3) is 0 Å². The minimum atomic E-state index is -3.68. The number of amides is 1. The number of ether oxygens (including phenoxy) is 1. The number of hydrogen-bond donors (Lipinski definition) is 1. The van der Waals surface area contributed by atoms with Crippen LogP contribution in [0.2, 0.25) is 0 Å². The summed E-state index contributed by atoms with van der Waals surface area (Å²) in [6, 6.07) is 11.4. The lowest BCUT2D eigenvalue weighted by Gasteiger charge is -2.28. The predicted molar refractivity (Wildman–Crippen MR) is 104 cm³/mol. The molecule has 1 unspecified atom stereocenters. The molecule has 0 aliphatic heterocycles. The summed E-state index contributed by atoms with van der Waals surface area (Å²) in [4.78, 5) is 12.7. The first-order chi connectivity index (χ1) is 12.1. The van der Waals surface area contributed by atoms with E-state index in [1.54, 1.807) is 31.2 Å². The van der Waals surface area contributed by atoms with E-state index in [4.69, 9.17) is 4.74 Å². The molecule has 1 N–H and O–H groups in total. The van der Waals surface area contributed by atoms with Gasteiger partial charge in [0.05, 0.1) is 19.1 Å². The third kappa shape index (κ3) is 4.54. The van der Waals surface area contributed by atoms with Crippen LogP contribution >= 0.6 is 0 Å². The molecule has 2 aromatic rings. The fourth-order valence-electron chi connectivity index (χ4n) is 2.66. The van der Waals surface area contributed by atoms with Crippen LogP contribution in [-0.2, 0) is 14.8 Å². The van der Waals surface area contributed by atoms with Crippen LogP contribution < -0.4 is 14.4 Å². The molecule has 0 aliphatic carbocycles. The van der Waals surface area contributed by atoms with Crippen molar-refractivity contribution in [3.63, 3.8) is 0 Å². The maximum atomic E-state index is 12.7. The van der Waals surface area contributed by atoms with Crippen molar-refractivity contribution in [1.82, 2.24) is 0 Å². The second-order valence-corrected chi connectivity index (χ2v) is 8.10. The Morgan fingerprint density at radius 2 is 1.85 bits per heavy atom. The van der Waals surface area contributed by atoms with Gasteiger partial charge in [-0.05, 0) is 50.1 Å². The number of nitrogens with zero attached hydrogens (tertiary/aromatic N) is 1. The zero-order chi connectivity index (χ0) is 19.5. The zero-order valence-electron chi connectivity index (χ0n) is 15.6. The molecule has 1 atom stereocenters. The minimum Gasteiger partial charge on any atom is -0.497 e. The molecule has 0 aromatic heterocycles. The van der Waals surface area contributed by atoms with Gasteiger partial charge in [-0.2, -0.15) is 0 Å². The first-order valence-electron chi connectivity index (χ1n) is 8.15. The molecule has 2 rings (SSSR count). The number of aryl methyl sites for hydroxylation is 2. The van der Waals surface area contributed by atoms with Crippen molar-refractivity contribution in [2.45, 2.75) is 26.8 Å². The number of rotatable bonds is 6. The number of benzene rings is 2. The van der Waals surface area contributed by atoms with Gasteiger partial charge < -0.3 is 10.1 Å². The highest BCUT2D eigenvalue weighted by Gasteiger charge is 2.29. The summed E-state index contributed by atoms with van der Waals surface area (Å²) >= 11 is 0. The lowest BCUT2D eigenvalue weighted by Crippen LogP contribution is -2.45. The van der Waals surface area contributed by atoms with Crippen molar-refractivity contribution in [3.05, 3.63) is 53.6 Å². The maximum Gasteiger partial charge on any atom is 0.248 e. The lowest BCUT2D eigenvalue weighted by atomic mass is 10.1. The maximum absolute atomic E-state index is 12.7. The van der Waals surface area contributed by atoms with E-state index in [-0.39, 0.29) is 0 Å². The second kappa shape index (κ2) is 7.78. The van der Waals surface area contributed by atoms with Crippen LogP contribution in [0.15, 0.2) is 42.5 Å². The summed E-state index contributed by atoms with van der Waals surface area (Å²) in [6.07, 6.45) is 1.08. The minimum absolute atomic E-state index is 0.371. The number of sulfonamides is 1. The van der Waals surface area contributed by atoms with Crippen molar-refractivity contribution in [1.29, 1.82) is 0 Å². The van der Waals surface area contributed by atoms with Crippen molar-refractivity contribution in [2.75, 3.05) is 23.0 Å². The average Bonchev–Trinajstić information content (AvgIpc) is 2.57. The van der Waals surface area contributed by atoms with Gasteiger partial charge >= 0.3 is 0 Å². The van der Waals surface area contributed by atoms with Gasteiger partial charge in [0.1, 0.15) is 11.8 Å². The molecule has 2 aromatic carbocycles. The molecule has 6 nitrogen and oxygen atoms in total.